The highest BCUT2D eigenvalue weighted by Crippen LogP contribution is 2.39. The Labute approximate surface area is 175 Å². The molecule has 5 rings (SSSR count). The summed E-state index contributed by atoms with van der Waals surface area (Å²) in [5, 5.41) is 3.54. The van der Waals surface area contributed by atoms with Gasteiger partial charge in [-0.1, -0.05) is 84.9 Å². The molecule has 0 amide bonds. The van der Waals surface area contributed by atoms with Gasteiger partial charge in [-0.15, -0.1) is 0 Å². The summed E-state index contributed by atoms with van der Waals surface area (Å²) in [6.07, 6.45) is 0. The maximum Gasteiger partial charge on any atom is 0.344 e. The molecule has 2 nitrogen and oxygen atoms in total. The molecular formula is C25H15IO2. The van der Waals surface area contributed by atoms with Crippen LogP contribution in [0, 0.1) is 3.57 Å². The minimum absolute atomic E-state index is 0.301. The Bertz CT molecular complexity index is 1370. The van der Waals surface area contributed by atoms with E-state index >= 15 is 0 Å². The van der Waals surface area contributed by atoms with Gasteiger partial charge in [0, 0.05) is 20.1 Å². The van der Waals surface area contributed by atoms with Crippen LogP contribution >= 0.6 is 22.6 Å². The predicted molar refractivity (Wildman–Crippen MR) is 124 cm³/mol. The average molecular weight is 474 g/mol. The van der Waals surface area contributed by atoms with Crippen LogP contribution in [0.2, 0.25) is 0 Å². The summed E-state index contributed by atoms with van der Waals surface area (Å²) < 4.78 is 6.78. The zero-order valence-electron chi connectivity index (χ0n) is 14.9. The Kier molecular flexibility index (Phi) is 4.24. The van der Waals surface area contributed by atoms with Crippen molar-refractivity contribution in [3.63, 3.8) is 0 Å². The quantitative estimate of drug-likeness (QED) is 0.206. The first-order valence-corrected chi connectivity index (χ1v) is 10.1. The Morgan fingerprint density at radius 2 is 1.21 bits per heavy atom. The summed E-state index contributed by atoms with van der Waals surface area (Å²) in [7, 11) is 0. The molecule has 0 aliphatic carbocycles. The first kappa shape index (κ1) is 17.2. The molecule has 0 aliphatic heterocycles. The lowest BCUT2D eigenvalue weighted by atomic mass is 9.94. The summed E-state index contributed by atoms with van der Waals surface area (Å²) >= 11 is 2.36. The van der Waals surface area contributed by atoms with Gasteiger partial charge in [-0.3, -0.25) is 0 Å². The van der Waals surface area contributed by atoms with Crippen molar-refractivity contribution < 1.29 is 4.42 Å². The monoisotopic (exact) mass is 474 g/mol. The fraction of sp³-hybridized carbons (Fsp3) is 0. The number of hydrogen-bond acceptors (Lipinski definition) is 2. The third kappa shape index (κ3) is 2.74. The van der Waals surface area contributed by atoms with Crippen LogP contribution in [0.15, 0.2) is 100 Å². The van der Waals surface area contributed by atoms with E-state index < -0.39 is 0 Å². The van der Waals surface area contributed by atoms with E-state index in [4.69, 9.17) is 4.42 Å². The van der Waals surface area contributed by atoms with Gasteiger partial charge in [0.2, 0.25) is 0 Å². The van der Waals surface area contributed by atoms with Crippen molar-refractivity contribution in [2.24, 2.45) is 0 Å². The van der Waals surface area contributed by atoms with Gasteiger partial charge < -0.3 is 4.42 Å². The summed E-state index contributed by atoms with van der Waals surface area (Å²) in [5.74, 6) is 0.588. The fourth-order valence-corrected chi connectivity index (χ4v) is 4.75. The SMILES string of the molecule is O=c1oc(-c2ccccc2)cc2c(I)c(-c3ccccc3)c3ccccc3c12. The second-order valence-electron chi connectivity index (χ2n) is 6.65. The van der Waals surface area contributed by atoms with Crippen LogP contribution in [0.4, 0.5) is 0 Å². The number of benzene rings is 4. The third-order valence-electron chi connectivity index (χ3n) is 4.99. The van der Waals surface area contributed by atoms with E-state index in [2.05, 4.69) is 40.8 Å². The molecule has 0 unspecified atom stereocenters. The third-order valence-corrected chi connectivity index (χ3v) is 6.11. The normalized spacial score (nSPS) is 11.2. The van der Waals surface area contributed by atoms with E-state index in [1.165, 1.54) is 0 Å². The molecule has 0 atom stereocenters. The predicted octanol–water partition coefficient (Wildman–Crippen LogP) is 6.88. The van der Waals surface area contributed by atoms with E-state index in [0.29, 0.717) is 11.1 Å². The molecule has 28 heavy (non-hydrogen) atoms. The summed E-state index contributed by atoms with van der Waals surface area (Å²) in [6, 6.07) is 30.1. The van der Waals surface area contributed by atoms with Gasteiger partial charge in [0.1, 0.15) is 5.76 Å². The van der Waals surface area contributed by atoms with E-state index in [1.807, 2.05) is 72.8 Å². The lowest BCUT2D eigenvalue weighted by Crippen LogP contribution is -2.03. The summed E-state index contributed by atoms with van der Waals surface area (Å²) in [4.78, 5) is 13.0. The molecule has 0 aliphatic rings. The molecule has 0 saturated carbocycles. The van der Waals surface area contributed by atoms with Crippen molar-refractivity contribution in [3.8, 4) is 22.5 Å². The standard InChI is InChI=1S/C25H15IO2/c26-24-20-15-21(16-9-3-1-4-10-16)28-25(27)23(20)19-14-8-7-13-18(19)22(24)17-11-5-2-6-12-17/h1-15H. The van der Waals surface area contributed by atoms with Crippen LogP contribution in [0.3, 0.4) is 0 Å². The minimum atomic E-state index is -0.301. The molecule has 134 valence electrons. The van der Waals surface area contributed by atoms with Crippen molar-refractivity contribution in [1.82, 2.24) is 0 Å². The molecule has 3 heteroatoms. The molecule has 0 bridgehead atoms. The Morgan fingerprint density at radius 1 is 0.643 bits per heavy atom. The fourth-order valence-electron chi connectivity index (χ4n) is 3.73. The van der Waals surface area contributed by atoms with Crippen molar-refractivity contribution in [1.29, 1.82) is 0 Å². The second kappa shape index (κ2) is 6.91. The van der Waals surface area contributed by atoms with Crippen molar-refractivity contribution in [2.45, 2.75) is 0 Å². The maximum absolute atomic E-state index is 13.0. The van der Waals surface area contributed by atoms with E-state index in [1.54, 1.807) is 0 Å². The molecule has 0 radical (unpaired) electrons. The van der Waals surface area contributed by atoms with Gasteiger partial charge in [0.15, 0.2) is 0 Å². The highest BCUT2D eigenvalue weighted by molar-refractivity contribution is 14.1. The van der Waals surface area contributed by atoms with Gasteiger partial charge in [0.25, 0.3) is 0 Å². The topological polar surface area (TPSA) is 30.2 Å². The molecule has 0 N–H and O–H groups in total. The molecule has 4 aromatic carbocycles. The van der Waals surface area contributed by atoms with Gasteiger partial charge in [0.05, 0.1) is 5.39 Å². The molecule has 0 saturated heterocycles. The Balaban J connectivity index is 1.95. The molecule has 1 aromatic heterocycles. The smallest absolute Gasteiger partial charge is 0.344 e. The maximum atomic E-state index is 13.0. The van der Waals surface area contributed by atoms with Crippen LogP contribution in [0.5, 0.6) is 0 Å². The van der Waals surface area contributed by atoms with E-state index in [-0.39, 0.29) is 5.63 Å². The van der Waals surface area contributed by atoms with Crippen LogP contribution in [-0.2, 0) is 0 Å². The summed E-state index contributed by atoms with van der Waals surface area (Å²) in [6.45, 7) is 0. The highest BCUT2D eigenvalue weighted by Gasteiger charge is 2.18. The van der Waals surface area contributed by atoms with Crippen molar-refractivity contribution >= 4 is 44.1 Å². The van der Waals surface area contributed by atoms with Crippen molar-refractivity contribution in [3.05, 3.63) is 105 Å². The molecule has 0 spiro atoms. The second-order valence-corrected chi connectivity index (χ2v) is 7.73. The molecular weight excluding hydrogens is 459 g/mol. The zero-order valence-corrected chi connectivity index (χ0v) is 17.0. The van der Waals surface area contributed by atoms with Crippen LogP contribution in [0.25, 0.3) is 44.0 Å². The largest absolute Gasteiger partial charge is 0.422 e. The molecule has 5 aromatic rings. The van der Waals surface area contributed by atoms with Gasteiger partial charge in [-0.2, -0.15) is 0 Å². The van der Waals surface area contributed by atoms with Crippen LogP contribution < -0.4 is 5.63 Å². The first-order valence-electron chi connectivity index (χ1n) is 9.03. The Hall–Kier alpha value is -2.92. The highest BCUT2D eigenvalue weighted by atomic mass is 127. The van der Waals surface area contributed by atoms with Crippen LogP contribution in [-0.4, -0.2) is 0 Å². The molecule has 1 heterocycles. The van der Waals surface area contributed by atoms with Gasteiger partial charge in [-0.25, -0.2) is 4.79 Å². The van der Waals surface area contributed by atoms with E-state index in [9.17, 15) is 4.79 Å². The summed E-state index contributed by atoms with van der Waals surface area (Å²) in [5.41, 5.74) is 2.88. The minimum Gasteiger partial charge on any atom is -0.422 e. The molecule has 0 fully saturated rings. The van der Waals surface area contributed by atoms with Gasteiger partial charge >= 0.3 is 5.63 Å². The van der Waals surface area contributed by atoms with Gasteiger partial charge in [-0.05, 0) is 45.0 Å². The number of hydrogen-bond donors (Lipinski definition) is 0. The van der Waals surface area contributed by atoms with Crippen molar-refractivity contribution in [2.75, 3.05) is 0 Å². The van der Waals surface area contributed by atoms with E-state index in [0.717, 1.165) is 36.4 Å². The van der Waals surface area contributed by atoms with Crippen LogP contribution in [0.1, 0.15) is 0 Å². The number of rotatable bonds is 2. The lowest BCUT2D eigenvalue weighted by molar-refractivity contribution is 0.535. The number of halogens is 1. The number of fused-ring (bicyclic) bond motifs is 3. The Morgan fingerprint density at radius 3 is 1.89 bits per heavy atom. The lowest BCUT2D eigenvalue weighted by Gasteiger charge is -2.14. The first-order chi connectivity index (χ1) is 13.7. The average Bonchev–Trinajstić information content (AvgIpc) is 2.75. The zero-order chi connectivity index (χ0) is 19.1.